The first-order valence-corrected chi connectivity index (χ1v) is 11.3. The maximum atomic E-state index is 12.8. The van der Waals surface area contributed by atoms with E-state index in [1.165, 1.54) is 6.07 Å². The van der Waals surface area contributed by atoms with E-state index in [4.69, 9.17) is 5.73 Å². The molecule has 0 spiro atoms. The number of halogens is 3. The van der Waals surface area contributed by atoms with Crippen molar-refractivity contribution in [2.45, 2.75) is 17.6 Å². The van der Waals surface area contributed by atoms with Gasteiger partial charge >= 0.3 is 6.18 Å². The van der Waals surface area contributed by atoms with Crippen LogP contribution in [0.15, 0.2) is 69.8 Å². The molecule has 10 nitrogen and oxygen atoms in total. The molecule has 3 aromatic rings. The number of para-hydroxylation sites is 1. The second-order valence-electron chi connectivity index (χ2n) is 6.95. The van der Waals surface area contributed by atoms with E-state index in [1.54, 1.807) is 24.3 Å². The van der Waals surface area contributed by atoms with Crippen LogP contribution >= 0.6 is 0 Å². The molecule has 0 aliphatic carbocycles. The fraction of sp³-hybridized carbons (Fsp3) is 0.200. The minimum atomic E-state index is -4.57. The van der Waals surface area contributed by atoms with Crippen LogP contribution in [0, 0.1) is 4.91 Å². The third-order valence-electron chi connectivity index (χ3n) is 4.55. The number of nitroso groups, excluding NO2 is 1. The van der Waals surface area contributed by atoms with Gasteiger partial charge < -0.3 is 11.1 Å². The Labute approximate surface area is 192 Å². The standard InChI is InChI=1S/C20H20F3N7O3S/c21-20(22,23)14-5-8-16(9-6-14)34(32,33)29-17-3-1-2-13-4-7-15(27-18(13)17)12-25-10-11-26-19(24)28-30-31/h1-9,25,29H,10-12H2,(H3,24,26,28,31). The van der Waals surface area contributed by atoms with Crippen LogP contribution in [-0.4, -0.2) is 32.5 Å². The minimum absolute atomic E-state index is 0.106. The molecular weight excluding hydrogens is 475 g/mol. The van der Waals surface area contributed by atoms with Gasteiger partial charge in [-0.05, 0) is 36.4 Å². The first-order valence-electron chi connectivity index (χ1n) is 9.78. The van der Waals surface area contributed by atoms with Crippen LogP contribution in [0.5, 0.6) is 0 Å². The summed E-state index contributed by atoms with van der Waals surface area (Å²) in [6.07, 6.45) is -4.57. The number of fused-ring (bicyclic) bond motifs is 1. The molecular formula is C20H20F3N7O3S. The largest absolute Gasteiger partial charge is 0.416 e. The predicted octanol–water partition coefficient (Wildman–Crippen LogP) is 2.73. The van der Waals surface area contributed by atoms with Gasteiger partial charge in [0.25, 0.3) is 10.0 Å². The summed E-state index contributed by atoms with van der Waals surface area (Å²) in [6, 6.07) is 11.7. The second kappa shape index (κ2) is 10.4. The Kier molecular flexibility index (Phi) is 7.63. The van der Waals surface area contributed by atoms with E-state index in [-0.39, 0.29) is 23.1 Å². The van der Waals surface area contributed by atoms with Gasteiger partial charge in [0, 0.05) is 18.5 Å². The van der Waals surface area contributed by atoms with Crippen molar-refractivity contribution in [3.8, 4) is 0 Å². The van der Waals surface area contributed by atoms with Gasteiger partial charge in [-0.2, -0.15) is 13.2 Å². The van der Waals surface area contributed by atoms with E-state index in [0.717, 1.165) is 12.1 Å². The molecule has 3 rings (SSSR count). The number of anilines is 1. The maximum absolute atomic E-state index is 12.8. The number of benzene rings is 2. The van der Waals surface area contributed by atoms with Crippen molar-refractivity contribution in [1.29, 1.82) is 0 Å². The van der Waals surface area contributed by atoms with Crippen LogP contribution in [0.25, 0.3) is 10.9 Å². The molecule has 0 aliphatic rings. The predicted molar refractivity (Wildman–Crippen MR) is 121 cm³/mol. The summed E-state index contributed by atoms with van der Waals surface area (Å²) in [7, 11) is -4.15. The summed E-state index contributed by atoms with van der Waals surface area (Å²) in [4.78, 5) is 18.1. The van der Waals surface area contributed by atoms with Crippen LogP contribution in [0.3, 0.4) is 0 Å². The Morgan fingerprint density at radius 2 is 1.79 bits per heavy atom. The van der Waals surface area contributed by atoms with Crippen molar-refractivity contribution in [2.24, 2.45) is 16.0 Å². The number of hydrogen-bond acceptors (Lipinski definition) is 7. The van der Waals surface area contributed by atoms with Crippen LogP contribution in [0.2, 0.25) is 0 Å². The van der Waals surface area contributed by atoms with E-state index in [1.807, 2.05) is 5.43 Å². The minimum Gasteiger partial charge on any atom is -0.368 e. The summed E-state index contributed by atoms with van der Waals surface area (Å²) in [6.45, 7) is 1.04. The average molecular weight is 495 g/mol. The van der Waals surface area contributed by atoms with Gasteiger partial charge in [0.05, 0.1) is 39.2 Å². The summed E-state index contributed by atoms with van der Waals surface area (Å²) >= 11 is 0. The number of nitrogens with one attached hydrogen (secondary N) is 3. The van der Waals surface area contributed by atoms with Gasteiger partial charge in [0.2, 0.25) is 5.96 Å². The smallest absolute Gasteiger partial charge is 0.368 e. The summed E-state index contributed by atoms with van der Waals surface area (Å²) < 4.78 is 66.2. The lowest BCUT2D eigenvalue weighted by Crippen LogP contribution is -2.28. The number of pyridine rings is 1. The molecule has 1 heterocycles. The average Bonchev–Trinajstić information content (AvgIpc) is 2.79. The zero-order valence-electron chi connectivity index (χ0n) is 17.5. The quantitative estimate of drug-likeness (QED) is 0.117. The number of nitrogens with two attached hydrogens (primary N) is 1. The highest BCUT2D eigenvalue weighted by molar-refractivity contribution is 7.92. The van der Waals surface area contributed by atoms with Crippen LogP contribution in [0.1, 0.15) is 11.3 Å². The summed E-state index contributed by atoms with van der Waals surface area (Å²) in [5, 5.41) is 6.15. The molecule has 0 amide bonds. The molecule has 0 saturated carbocycles. The van der Waals surface area contributed by atoms with Crippen LogP contribution in [0.4, 0.5) is 18.9 Å². The molecule has 0 radical (unpaired) electrons. The van der Waals surface area contributed by atoms with E-state index in [2.05, 4.69) is 25.3 Å². The molecule has 34 heavy (non-hydrogen) atoms. The first kappa shape index (κ1) is 24.9. The Bertz CT molecular complexity index is 1300. The molecule has 0 fully saturated rings. The highest BCUT2D eigenvalue weighted by Crippen LogP contribution is 2.30. The number of rotatable bonds is 9. The SMILES string of the molecule is NC(=NCCNCc1ccc2cccc(NS(=O)(=O)c3ccc(C(F)(F)F)cc3)c2n1)NN=O. The van der Waals surface area contributed by atoms with Gasteiger partial charge in [-0.3, -0.25) is 9.71 Å². The van der Waals surface area contributed by atoms with E-state index < -0.39 is 21.8 Å². The molecule has 0 aliphatic heterocycles. The topological polar surface area (TPSA) is 151 Å². The number of guanidine groups is 1. The number of aromatic nitrogens is 1. The summed E-state index contributed by atoms with van der Waals surface area (Å²) in [5.74, 6) is -0.106. The van der Waals surface area contributed by atoms with Crippen molar-refractivity contribution in [3.05, 3.63) is 70.8 Å². The lowest BCUT2D eigenvalue weighted by molar-refractivity contribution is -0.137. The molecule has 0 saturated heterocycles. The Morgan fingerprint density at radius 3 is 2.47 bits per heavy atom. The van der Waals surface area contributed by atoms with E-state index >= 15 is 0 Å². The fourth-order valence-electron chi connectivity index (χ4n) is 2.95. The third-order valence-corrected chi connectivity index (χ3v) is 5.93. The van der Waals surface area contributed by atoms with Gasteiger partial charge in [-0.25, -0.2) is 18.8 Å². The highest BCUT2D eigenvalue weighted by Gasteiger charge is 2.30. The monoisotopic (exact) mass is 495 g/mol. The second-order valence-corrected chi connectivity index (χ2v) is 8.64. The third kappa shape index (κ3) is 6.39. The van der Waals surface area contributed by atoms with Crippen molar-refractivity contribution in [3.63, 3.8) is 0 Å². The zero-order chi connectivity index (χ0) is 24.8. The van der Waals surface area contributed by atoms with Crippen molar-refractivity contribution >= 4 is 32.6 Å². The zero-order valence-corrected chi connectivity index (χ0v) is 18.3. The van der Waals surface area contributed by atoms with Gasteiger partial charge in [0.15, 0.2) is 0 Å². The molecule has 0 bridgehead atoms. The van der Waals surface area contributed by atoms with Crippen molar-refractivity contribution in [1.82, 2.24) is 15.7 Å². The Balaban J connectivity index is 1.75. The molecule has 2 aromatic carbocycles. The molecule has 14 heteroatoms. The van der Waals surface area contributed by atoms with Gasteiger partial charge in [0.1, 0.15) is 0 Å². The lowest BCUT2D eigenvalue weighted by atomic mass is 10.2. The van der Waals surface area contributed by atoms with Crippen molar-refractivity contribution in [2.75, 3.05) is 17.8 Å². The maximum Gasteiger partial charge on any atom is 0.416 e. The van der Waals surface area contributed by atoms with E-state index in [9.17, 15) is 26.5 Å². The van der Waals surface area contributed by atoms with Crippen LogP contribution in [-0.2, 0) is 22.7 Å². The lowest BCUT2D eigenvalue weighted by Gasteiger charge is -2.12. The Hall–Kier alpha value is -3.78. The highest BCUT2D eigenvalue weighted by atomic mass is 32.2. The molecule has 180 valence electrons. The molecule has 0 atom stereocenters. The summed E-state index contributed by atoms with van der Waals surface area (Å²) in [5.41, 5.74) is 7.57. The number of alkyl halides is 3. The van der Waals surface area contributed by atoms with Crippen molar-refractivity contribution < 1.29 is 21.6 Å². The molecule has 5 N–H and O–H groups in total. The number of nitrogens with zero attached hydrogens (tertiary/aromatic N) is 3. The first-order chi connectivity index (χ1) is 16.1. The number of sulfonamides is 1. The van der Waals surface area contributed by atoms with Gasteiger partial charge in [-0.1, -0.05) is 18.2 Å². The number of aliphatic imine (C=N–C) groups is 1. The van der Waals surface area contributed by atoms with Gasteiger partial charge in [-0.15, -0.1) is 4.91 Å². The normalized spacial score (nSPS) is 12.5. The molecule has 0 unspecified atom stereocenters. The fourth-order valence-corrected chi connectivity index (χ4v) is 4.02. The Morgan fingerprint density at radius 1 is 1.06 bits per heavy atom. The van der Waals surface area contributed by atoms with Crippen LogP contribution < -0.4 is 21.2 Å². The number of hydrogen-bond donors (Lipinski definition) is 4. The van der Waals surface area contributed by atoms with E-state index in [0.29, 0.717) is 41.8 Å². The molecule has 1 aromatic heterocycles.